The predicted octanol–water partition coefficient (Wildman–Crippen LogP) is 3.86. The van der Waals surface area contributed by atoms with E-state index >= 15 is 0 Å². The molecule has 1 heterocycles. The average Bonchev–Trinajstić information content (AvgIpc) is 2.66. The van der Waals surface area contributed by atoms with Gasteiger partial charge in [-0.2, -0.15) is 5.10 Å². The second-order valence-corrected chi connectivity index (χ2v) is 9.18. The topological polar surface area (TPSA) is 41.9 Å². The molecule has 1 aliphatic heterocycles. The molecule has 5 heteroatoms. The third-order valence-corrected chi connectivity index (χ3v) is 5.53. The maximum Gasteiger partial charge on any atom is 0.248 e. The first-order valence-corrected chi connectivity index (χ1v) is 10.4. The summed E-state index contributed by atoms with van der Waals surface area (Å²) in [6, 6.07) is 16.1. The van der Waals surface area contributed by atoms with Crippen molar-refractivity contribution in [3.63, 3.8) is 0 Å². The highest BCUT2D eigenvalue weighted by molar-refractivity contribution is 6.11. The summed E-state index contributed by atoms with van der Waals surface area (Å²) in [5.74, 6) is 1.10. The molecule has 0 aromatic heterocycles. The number of likely N-dealkylation sites (N-methyl/N-ethyl adjacent to an activating group) is 1. The molecule has 2 aromatic carbocycles. The van der Waals surface area contributed by atoms with Crippen molar-refractivity contribution in [3.05, 3.63) is 59.7 Å². The number of benzene rings is 2. The van der Waals surface area contributed by atoms with E-state index in [-0.39, 0.29) is 17.9 Å². The van der Waals surface area contributed by atoms with E-state index in [0.717, 1.165) is 41.0 Å². The molecule has 2 aliphatic rings. The van der Waals surface area contributed by atoms with E-state index < -0.39 is 0 Å². The summed E-state index contributed by atoms with van der Waals surface area (Å²) in [7, 11) is 6.46. The lowest BCUT2D eigenvalue weighted by molar-refractivity contribution is -0.872. The van der Waals surface area contributed by atoms with Crippen LogP contribution in [0.3, 0.4) is 0 Å². The number of rotatable bonds is 5. The molecule has 0 fully saturated rings. The molecule has 0 bridgehead atoms. The highest BCUT2D eigenvalue weighted by atomic mass is 16.5. The molecule has 1 amide bonds. The maximum absolute atomic E-state index is 12.8. The molecule has 2 atom stereocenters. The predicted molar refractivity (Wildman–Crippen MR) is 116 cm³/mol. The fourth-order valence-electron chi connectivity index (χ4n) is 4.38. The molecule has 2 unspecified atom stereocenters. The first-order valence-electron chi connectivity index (χ1n) is 10.4. The lowest BCUT2D eigenvalue weighted by Gasteiger charge is -2.33. The zero-order valence-corrected chi connectivity index (χ0v) is 17.8. The summed E-state index contributed by atoms with van der Waals surface area (Å²) in [5.41, 5.74) is 4.35. The van der Waals surface area contributed by atoms with Gasteiger partial charge in [0.2, 0.25) is 5.91 Å². The Morgan fingerprint density at radius 2 is 1.86 bits per heavy atom. The van der Waals surface area contributed by atoms with Crippen LogP contribution in [0.15, 0.2) is 53.6 Å². The average molecular weight is 393 g/mol. The molecular weight excluding hydrogens is 362 g/mol. The smallest absolute Gasteiger partial charge is 0.248 e. The molecule has 152 valence electrons. The number of aryl methyl sites for hydroxylation is 1. The summed E-state index contributed by atoms with van der Waals surface area (Å²) >= 11 is 0. The molecule has 0 spiro atoms. The highest BCUT2D eigenvalue weighted by Gasteiger charge is 2.34. The Morgan fingerprint density at radius 1 is 1.14 bits per heavy atom. The van der Waals surface area contributed by atoms with Gasteiger partial charge in [-0.3, -0.25) is 4.79 Å². The van der Waals surface area contributed by atoms with Crippen LogP contribution in [0, 0.1) is 5.92 Å². The van der Waals surface area contributed by atoms with Crippen LogP contribution in [0.2, 0.25) is 0 Å². The Morgan fingerprint density at radius 3 is 2.59 bits per heavy atom. The van der Waals surface area contributed by atoms with Gasteiger partial charge in [-0.1, -0.05) is 24.3 Å². The minimum Gasteiger partial charge on any atom is -0.485 e. The van der Waals surface area contributed by atoms with Gasteiger partial charge >= 0.3 is 0 Å². The van der Waals surface area contributed by atoms with Crippen molar-refractivity contribution in [3.8, 4) is 5.75 Å². The van der Waals surface area contributed by atoms with E-state index in [9.17, 15) is 4.79 Å². The SMILES string of the molecule is CC(C[N+](C)(C)C)Oc1ccc(N2N=C3c4ccccc4CCC3CC2=O)cc1. The normalized spacial score (nSPS) is 19.9. The third-order valence-electron chi connectivity index (χ3n) is 5.53. The van der Waals surface area contributed by atoms with Gasteiger partial charge in [0, 0.05) is 17.9 Å². The van der Waals surface area contributed by atoms with Crippen molar-refractivity contribution in [2.24, 2.45) is 11.0 Å². The van der Waals surface area contributed by atoms with Crippen LogP contribution < -0.4 is 9.75 Å². The Hall–Kier alpha value is -2.66. The number of hydrogen-bond donors (Lipinski definition) is 0. The Bertz CT molecular complexity index is 928. The van der Waals surface area contributed by atoms with Gasteiger partial charge in [-0.05, 0) is 49.6 Å². The van der Waals surface area contributed by atoms with Crippen LogP contribution >= 0.6 is 0 Å². The zero-order chi connectivity index (χ0) is 20.6. The van der Waals surface area contributed by atoms with Gasteiger partial charge in [0.05, 0.1) is 32.5 Å². The summed E-state index contributed by atoms with van der Waals surface area (Å²) in [6.07, 6.45) is 2.64. The van der Waals surface area contributed by atoms with Crippen molar-refractivity contribution in [1.29, 1.82) is 0 Å². The Balaban J connectivity index is 1.55. The fourth-order valence-corrected chi connectivity index (χ4v) is 4.38. The first-order chi connectivity index (χ1) is 13.8. The number of anilines is 1. The minimum atomic E-state index is 0.0604. The van der Waals surface area contributed by atoms with E-state index in [4.69, 9.17) is 9.84 Å². The van der Waals surface area contributed by atoms with Gasteiger partial charge in [0.15, 0.2) is 0 Å². The number of fused-ring (bicyclic) bond motifs is 3. The van der Waals surface area contributed by atoms with E-state index in [1.807, 2.05) is 30.3 Å². The molecule has 5 nitrogen and oxygen atoms in total. The van der Waals surface area contributed by atoms with Crippen LogP contribution in [0.1, 0.15) is 30.9 Å². The molecular formula is C24H30N3O2+. The quantitative estimate of drug-likeness (QED) is 0.725. The molecule has 4 rings (SSSR count). The second-order valence-electron chi connectivity index (χ2n) is 9.18. The van der Waals surface area contributed by atoms with E-state index in [2.05, 4.69) is 46.3 Å². The first kappa shape index (κ1) is 19.6. The van der Waals surface area contributed by atoms with E-state index in [1.54, 1.807) is 5.01 Å². The van der Waals surface area contributed by atoms with Gasteiger partial charge in [-0.15, -0.1) is 0 Å². The van der Waals surface area contributed by atoms with E-state index in [0.29, 0.717) is 6.42 Å². The van der Waals surface area contributed by atoms with Crippen LogP contribution in [-0.4, -0.2) is 49.9 Å². The second kappa shape index (κ2) is 7.64. The van der Waals surface area contributed by atoms with Crippen molar-refractivity contribution >= 4 is 17.3 Å². The zero-order valence-electron chi connectivity index (χ0n) is 17.8. The van der Waals surface area contributed by atoms with E-state index in [1.165, 1.54) is 11.1 Å². The van der Waals surface area contributed by atoms with Crippen molar-refractivity contribution in [1.82, 2.24) is 0 Å². The van der Waals surface area contributed by atoms with Gasteiger partial charge < -0.3 is 9.22 Å². The van der Waals surface area contributed by atoms with Crippen LogP contribution in [0.4, 0.5) is 5.69 Å². The van der Waals surface area contributed by atoms with Gasteiger partial charge in [-0.25, -0.2) is 5.01 Å². The number of amides is 1. The number of hydrogen-bond acceptors (Lipinski definition) is 3. The van der Waals surface area contributed by atoms with Crippen molar-refractivity contribution in [2.45, 2.75) is 32.3 Å². The number of nitrogens with zero attached hydrogens (tertiary/aromatic N) is 3. The molecule has 0 N–H and O–H groups in total. The highest BCUT2D eigenvalue weighted by Crippen LogP contribution is 2.34. The summed E-state index contributed by atoms with van der Waals surface area (Å²) in [4.78, 5) is 12.8. The standard InChI is InChI=1S/C24H30N3O2/c1-17(16-27(2,3)4)29-21-13-11-20(12-14-21)26-23(28)15-19-10-9-18-7-5-6-8-22(18)24(19)25-26/h5-8,11-14,17,19H,9-10,15-16H2,1-4H3/q+1. The minimum absolute atomic E-state index is 0.0604. The number of quaternary nitrogens is 1. The lowest BCUT2D eigenvalue weighted by Crippen LogP contribution is -2.42. The molecule has 29 heavy (non-hydrogen) atoms. The molecule has 2 aromatic rings. The van der Waals surface area contributed by atoms with Crippen LogP contribution in [-0.2, 0) is 11.2 Å². The van der Waals surface area contributed by atoms with Gasteiger partial charge in [0.25, 0.3) is 0 Å². The largest absolute Gasteiger partial charge is 0.485 e. The monoisotopic (exact) mass is 392 g/mol. The number of ether oxygens (including phenoxy) is 1. The Kier molecular flexibility index (Phi) is 5.17. The van der Waals surface area contributed by atoms with Crippen LogP contribution in [0.25, 0.3) is 0 Å². The summed E-state index contributed by atoms with van der Waals surface area (Å²) in [6.45, 7) is 3.00. The van der Waals surface area contributed by atoms with Gasteiger partial charge in [0.1, 0.15) is 18.4 Å². The fraction of sp³-hybridized carbons (Fsp3) is 0.417. The number of carbonyl (C=O) groups excluding carboxylic acids is 1. The third kappa shape index (κ3) is 4.35. The maximum atomic E-state index is 12.8. The number of hydrazone groups is 1. The van der Waals surface area contributed by atoms with Crippen molar-refractivity contribution in [2.75, 3.05) is 32.7 Å². The Labute approximate surface area is 173 Å². The molecule has 0 saturated heterocycles. The summed E-state index contributed by atoms with van der Waals surface area (Å²) < 4.78 is 6.89. The summed E-state index contributed by atoms with van der Waals surface area (Å²) in [5, 5.41) is 6.36. The number of carbonyl (C=O) groups is 1. The van der Waals surface area contributed by atoms with Crippen LogP contribution in [0.5, 0.6) is 5.75 Å². The lowest BCUT2D eigenvalue weighted by atomic mass is 9.79. The molecule has 0 saturated carbocycles. The molecule has 0 radical (unpaired) electrons. The van der Waals surface area contributed by atoms with Crippen molar-refractivity contribution < 1.29 is 14.0 Å². The molecule has 1 aliphatic carbocycles.